The number of hydrogen-bond donors (Lipinski definition) is 1. The van der Waals surface area contributed by atoms with Crippen molar-refractivity contribution in [3.8, 4) is 5.69 Å². The molecule has 1 N–H and O–H groups in total. The molecule has 0 aliphatic heterocycles. The molecule has 0 unspecified atom stereocenters. The number of rotatable bonds is 5. The molecule has 148 valence electrons. The summed E-state index contributed by atoms with van der Waals surface area (Å²) < 4.78 is 41.9. The zero-order valence-corrected chi connectivity index (χ0v) is 16.4. The Morgan fingerprint density at radius 3 is 2.61 bits per heavy atom. The number of nitrogens with zero attached hydrogens (tertiary/aromatic N) is 3. The molecule has 0 aliphatic rings. The number of aromatic nitrogens is 3. The van der Waals surface area contributed by atoms with Gasteiger partial charge in [0.05, 0.1) is 34.7 Å². The van der Waals surface area contributed by atoms with Crippen LogP contribution in [-0.2, 0) is 12.7 Å². The number of carbonyl (C=O) groups excluding carboxylic acids is 1. The van der Waals surface area contributed by atoms with Crippen LogP contribution in [0.15, 0.2) is 35.8 Å². The van der Waals surface area contributed by atoms with Gasteiger partial charge in [-0.15, -0.1) is 11.3 Å². The molecule has 3 rings (SSSR count). The van der Waals surface area contributed by atoms with Gasteiger partial charge in [0.1, 0.15) is 0 Å². The van der Waals surface area contributed by atoms with E-state index in [9.17, 15) is 18.0 Å². The van der Waals surface area contributed by atoms with Gasteiger partial charge in [-0.1, -0.05) is 32.0 Å². The lowest BCUT2D eigenvalue weighted by Gasteiger charge is -2.14. The van der Waals surface area contributed by atoms with Gasteiger partial charge in [0.15, 0.2) is 5.69 Å². The second-order valence-corrected chi connectivity index (χ2v) is 7.51. The van der Waals surface area contributed by atoms with E-state index in [1.54, 1.807) is 30.5 Å². The molecule has 3 aromatic rings. The number of hydrogen-bond acceptors (Lipinski definition) is 4. The molecule has 1 amide bonds. The molecule has 0 saturated carbocycles. The molecule has 1 aromatic carbocycles. The summed E-state index contributed by atoms with van der Waals surface area (Å²) in [4.78, 5) is 16.8. The average Bonchev–Trinajstić information content (AvgIpc) is 3.27. The van der Waals surface area contributed by atoms with Crippen molar-refractivity contribution in [2.75, 3.05) is 0 Å². The number of halogens is 3. The summed E-state index contributed by atoms with van der Waals surface area (Å²) in [6.45, 7) is 5.73. The Bertz CT molecular complexity index is 991. The Morgan fingerprint density at radius 2 is 2.00 bits per heavy atom. The maximum absolute atomic E-state index is 13.7. The number of thiazole rings is 1. The minimum absolute atomic E-state index is 0.0505. The fraction of sp³-hybridized carbons (Fsp3) is 0.316. The molecule has 0 aliphatic carbocycles. The van der Waals surface area contributed by atoms with Gasteiger partial charge in [-0.3, -0.25) is 4.79 Å². The van der Waals surface area contributed by atoms with Gasteiger partial charge in [-0.25, -0.2) is 9.67 Å². The quantitative estimate of drug-likeness (QED) is 0.665. The molecule has 0 bridgehead atoms. The highest BCUT2D eigenvalue weighted by Crippen LogP contribution is 2.34. The minimum Gasteiger partial charge on any atom is -0.346 e. The van der Waals surface area contributed by atoms with E-state index in [-0.39, 0.29) is 18.2 Å². The first-order valence-electron chi connectivity index (χ1n) is 8.62. The monoisotopic (exact) mass is 408 g/mol. The Labute approximate surface area is 164 Å². The number of carbonyl (C=O) groups is 1. The number of benzene rings is 1. The van der Waals surface area contributed by atoms with Crippen molar-refractivity contribution >= 4 is 17.2 Å². The summed E-state index contributed by atoms with van der Waals surface area (Å²) in [5.74, 6) is -0.593. The Morgan fingerprint density at radius 1 is 1.29 bits per heavy atom. The molecule has 5 nitrogen and oxygen atoms in total. The van der Waals surface area contributed by atoms with Gasteiger partial charge in [-0.05, 0) is 18.6 Å². The van der Waals surface area contributed by atoms with E-state index in [4.69, 9.17) is 0 Å². The third-order valence-electron chi connectivity index (χ3n) is 4.12. The van der Waals surface area contributed by atoms with Gasteiger partial charge in [0, 0.05) is 11.3 Å². The standard InChI is InChI=1S/C19H19F3N4OS/c1-11(2)18-25-13(10-28-18)8-23-17(27)14-9-24-26(16(14)19(20,21)22)15-7-5-4-6-12(15)3/h4-7,9-11H,8H2,1-3H3,(H,23,27). The highest BCUT2D eigenvalue weighted by molar-refractivity contribution is 7.09. The number of para-hydroxylation sites is 1. The first-order valence-corrected chi connectivity index (χ1v) is 9.50. The van der Waals surface area contributed by atoms with Gasteiger partial charge >= 0.3 is 6.18 Å². The van der Waals surface area contributed by atoms with Crippen LogP contribution in [0.5, 0.6) is 0 Å². The number of aryl methyl sites for hydroxylation is 1. The molecule has 9 heteroatoms. The highest BCUT2D eigenvalue weighted by Gasteiger charge is 2.40. The third kappa shape index (κ3) is 4.09. The zero-order valence-electron chi connectivity index (χ0n) is 15.5. The molecule has 0 atom stereocenters. The number of alkyl halides is 3. The summed E-state index contributed by atoms with van der Waals surface area (Å²) in [7, 11) is 0. The smallest absolute Gasteiger partial charge is 0.346 e. The maximum atomic E-state index is 13.7. The van der Waals surface area contributed by atoms with Crippen LogP contribution in [0.1, 0.15) is 52.1 Å². The van der Waals surface area contributed by atoms with Crippen molar-refractivity contribution in [3.63, 3.8) is 0 Å². The van der Waals surface area contributed by atoms with Crippen molar-refractivity contribution in [1.82, 2.24) is 20.1 Å². The number of amides is 1. The van der Waals surface area contributed by atoms with Crippen LogP contribution < -0.4 is 5.32 Å². The molecule has 2 aromatic heterocycles. The SMILES string of the molecule is Cc1ccccc1-n1ncc(C(=O)NCc2csc(C(C)C)n2)c1C(F)(F)F. The predicted octanol–water partition coefficient (Wildman–Crippen LogP) is 4.71. The normalized spacial score (nSPS) is 11.8. The number of nitrogens with one attached hydrogen (secondary N) is 1. The summed E-state index contributed by atoms with van der Waals surface area (Å²) >= 11 is 1.46. The van der Waals surface area contributed by atoms with E-state index in [0.29, 0.717) is 11.3 Å². The van der Waals surface area contributed by atoms with Crippen molar-refractivity contribution in [2.45, 2.75) is 39.4 Å². The molecule has 0 radical (unpaired) electrons. The molecular formula is C19H19F3N4OS. The summed E-state index contributed by atoms with van der Waals surface area (Å²) in [5, 5.41) is 9.05. The van der Waals surface area contributed by atoms with Crippen molar-refractivity contribution in [3.05, 3.63) is 63.4 Å². The van der Waals surface area contributed by atoms with Crippen molar-refractivity contribution in [2.24, 2.45) is 0 Å². The molecule has 2 heterocycles. The van der Waals surface area contributed by atoms with E-state index >= 15 is 0 Å². The fourth-order valence-corrected chi connectivity index (χ4v) is 3.54. The first kappa shape index (κ1) is 20.1. The first-order chi connectivity index (χ1) is 13.2. The van der Waals surface area contributed by atoms with Crippen molar-refractivity contribution in [1.29, 1.82) is 0 Å². The summed E-state index contributed by atoms with van der Waals surface area (Å²) in [5.41, 5.74) is -0.112. The van der Waals surface area contributed by atoms with E-state index in [1.807, 2.05) is 13.8 Å². The average molecular weight is 408 g/mol. The second kappa shape index (κ2) is 7.75. The zero-order chi connectivity index (χ0) is 20.5. The predicted molar refractivity (Wildman–Crippen MR) is 101 cm³/mol. The molecule has 0 saturated heterocycles. The van der Waals surface area contributed by atoms with Crippen LogP contribution in [-0.4, -0.2) is 20.7 Å². The van der Waals surface area contributed by atoms with E-state index in [0.717, 1.165) is 15.9 Å². The summed E-state index contributed by atoms with van der Waals surface area (Å²) in [6.07, 6.45) is -3.79. The van der Waals surface area contributed by atoms with Crippen LogP contribution in [0, 0.1) is 6.92 Å². The lowest BCUT2D eigenvalue weighted by Crippen LogP contribution is -2.26. The van der Waals surface area contributed by atoms with Crippen molar-refractivity contribution < 1.29 is 18.0 Å². The molecule has 0 fully saturated rings. The van der Waals surface area contributed by atoms with Crippen LogP contribution in [0.25, 0.3) is 5.69 Å². The Kier molecular flexibility index (Phi) is 5.55. The third-order valence-corrected chi connectivity index (χ3v) is 5.31. The Hall–Kier alpha value is -2.68. The lowest BCUT2D eigenvalue weighted by atomic mass is 10.1. The van der Waals surface area contributed by atoms with E-state index in [2.05, 4.69) is 15.4 Å². The molecular weight excluding hydrogens is 389 g/mol. The van der Waals surface area contributed by atoms with Crippen LogP contribution in [0.3, 0.4) is 0 Å². The largest absolute Gasteiger partial charge is 0.434 e. The maximum Gasteiger partial charge on any atom is 0.434 e. The Balaban J connectivity index is 1.89. The minimum atomic E-state index is -4.74. The van der Waals surface area contributed by atoms with Crippen LogP contribution >= 0.6 is 11.3 Å². The summed E-state index contributed by atoms with van der Waals surface area (Å²) in [6, 6.07) is 6.56. The van der Waals surface area contributed by atoms with E-state index < -0.39 is 23.3 Å². The van der Waals surface area contributed by atoms with Gasteiger partial charge in [-0.2, -0.15) is 18.3 Å². The fourth-order valence-electron chi connectivity index (χ4n) is 2.71. The highest BCUT2D eigenvalue weighted by atomic mass is 32.1. The lowest BCUT2D eigenvalue weighted by molar-refractivity contribution is -0.143. The molecule has 28 heavy (non-hydrogen) atoms. The van der Waals surface area contributed by atoms with Crippen LogP contribution in [0.4, 0.5) is 13.2 Å². The van der Waals surface area contributed by atoms with E-state index in [1.165, 1.54) is 17.4 Å². The van der Waals surface area contributed by atoms with Gasteiger partial charge in [0.25, 0.3) is 5.91 Å². The van der Waals surface area contributed by atoms with Gasteiger partial charge < -0.3 is 5.32 Å². The van der Waals surface area contributed by atoms with Gasteiger partial charge in [0.2, 0.25) is 0 Å². The topological polar surface area (TPSA) is 59.8 Å². The second-order valence-electron chi connectivity index (χ2n) is 6.62. The van der Waals surface area contributed by atoms with Crippen LogP contribution in [0.2, 0.25) is 0 Å². The molecule has 0 spiro atoms.